The van der Waals surface area contributed by atoms with Crippen LogP contribution in [-0.4, -0.2) is 29.1 Å². The van der Waals surface area contributed by atoms with Crippen molar-refractivity contribution in [2.75, 3.05) is 18.0 Å². The fourth-order valence-corrected chi connectivity index (χ4v) is 3.54. The van der Waals surface area contributed by atoms with E-state index in [9.17, 15) is 4.79 Å². The summed E-state index contributed by atoms with van der Waals surface area (Å²) in [6.07, 6.45) is 2.50. The quantitative estimate of drug-likeness (QED) is 0.915. The normalized spacial score (nSPS) is 16.3. The van der Waals surface area contributed by atoms with Crippen LogP contribution in [0.15, 0.2) is 0 Å². The first-order valence-corrected chi connectivity index (χ1v) is 7.16. The van der Waals surface area contributed by atoms with E-state index in [0.717, 1.165) is 28.8 Å². The summed E-state index contributed by atoms with van der Waals surface area (Å²) in [6.45, 7) is 8.34. The molecule has 1 aliphatic heterocycles. The van der Waals surface area contributed by atoms with Crippen LogP contribution in [0.2, 0.25) is 0 Å². The van der Waals surface area contributed by atoms with Gasteiger partial charge in [0.25, 0.3) is 0 Å². The summed E-state index contributed by atoms with van der Waals surface area (Å²) in [5.74, 6) is -0.780. The van der Waals surface area contributed by atoms with Gasteiger partial charge in [0, 0.05) is 23.4 Å². The molecule has 0 amide bonds. The average molecular weight is 268 g/mol. The van der Waals surface area contributed by atoms with Crippen LogP contribution >= 0.6 is 11.3 Å². The maximum Gasteiger partial charge on any atom is 0.308 e. The van der Waals surface area contributed by atoms with Gasteiger partial charge >= 0.3 is 5.97 Å². The average Bonchev–Trinajstić information content (AvgIpc) is 2.81. The minimum absolute atomic E-state index is 0.0815. The number of anilines is 1. The van der Waals surface area contributed by atoms with Crippen LogP contribution in [0, 0.1) is 0 Å². The third-order valence-electron chi connectivity index (χ3n) is 3.08. The van der Waals surface area contributed by atoms with Crippen molar-refractivity contribution in [2.45, 2.75) is 45.4 Å². The minimum Gasteiger partial charge on any atom is -0.481 e. The van der Waals surface area contributed by atoms with Crippen molar-refractivity contribution in [3.63, 3.8) is 0 Å². The van der Waals surface area contributed by atoms with E-state index in [1.54, 1.807) is 11.3 Å². The summed E-state index contributed by atoms with van der Waals surface area (Å²) < 4.78 is 0. The molecule has 0 spiro atoms. The van der Waals surface area contributed by atoms with Gasteiger partial charge in [0.2, 0.25) is 0 Å². The van der Waals surface area contributed by atoms with Crippen molar-refractivity contribution >= 4 is 22.4 Å². The van der Waals surface area contributed by atoms with Crippen molar-refractivity contribution < 1.29 is 9.90 Å². The molecule has 4 nitrogen and oxygen atoms in total. The Morgan fingerprint density at radius 3 is 2.50 bits per heavy atom. The molecule has 1 saturated heterocycles. The molecule has 0 unspecified atom stereocenters. The van der Waals surface area contributed by atoms with Gasteiger partial charge in [0.05, 0.1) is 12.1 Å². The Morgan fingerprint density at radius 1 is 1.39 bits per heavy atom. The highest BCUT2D eigenvalue weighted by molar-refractivity contribution is 7.15. The van der Waals surface area contributed by atoms with Gasteiger partial charge in [-0.3, -0.25) is 4.79 Å². The molecule has 2 rings (SSSR count). The highest BCUT2D eigenvalue weighted by Gasteiger charge is 2.26. The summed E-state index contributed by atoms with van der Waals surface area (Å²) in [6, 6.07) is 0. The zero-order valence-electron chi connectivity index (χ0n) is 11.2. The van der Waals surface area contributed by atoms with Crippen LogP contribution in [0.3, 0.4) is 0 Å². The Hall–Kier alpha value is -1.10. The van der Waals surface area contributed by atoms with Crippen LogP contribution in [0.1, 0.15) is 44.2 Å². The van der Waals surface area contributed by atoms with Crippen molar-refractivity contribution in [2.24, 2.45) is 0 Å². The maximum absolute atomic E-state index is 10.9. The molecule has 1 fully saturated rings. The third kappa shape index (κ3) is 2.83. The number of nitrogens with zero attached hydrogens (tertiary/aromatic N) is 2. The number of carboxylic acids is 1. The SMILES string of the molecule is CC(C)(C)c1nc(N2CCCC2)sc1CC(=O)O. The summed E-state index contributed by atoms with van der Waals surface area (Å²) in [5, 5.41) is 9.99. The summed E-state index contributed by atoms with van der Waals surface area (Å²) in [7, 11) is 0. The number of thiazole rings is 1. The maximum atomic E-state index is 10.9. The topological polar surface area (TPSA) is 53.4 Å². The fraction of sp³-hybridized carbons (Fsp3) is 0.692. The molecular formula is C13H20N2O2S. The van der Waals surface area contributed by atoms with E-state index in [2.05, 4.69) is 25.7 Å². The molecule has 0 saturated carbocycles. The van der Waals surface area contributed by atoms with Gasteiger partial charge in [-0.05, 0) is 12.8 Å². The van der Waals surface area contributed by atoms with Gasteiger partial charge in [-0.15, -0.1) is 11.3 Å². The largest absolute Gasteiger partial charge is 0.481 e. The Morgan fingerprint density at radius 2 is 2.00 bits per heavy atom. The van der Waals surface area contributed by atoms with E-state index in [1.807, 2.05) is 0 Å². The molecule has 5 heteroatoms. The molecule has 0 aromatic carbocycles. The summed E-state index contributed by atoms with van der Waals surface area (Å²) >= 11 is 1.55. The molecule has 0 radical (unpaired) electrons. The molecule has 0 atom stereocenters. The molecular weight excluding hydrogens is 248 g/mol. The molecule has 2 heterocycles. The second kappa shape index (κ2) is 4.88. The predicted octanol–water partition coefficient (Wildman–Crippen LogP) is 2.67. The first kappa shape index (κ1) is 13.3. The Kier molecular flexibility index (Phi) is 3.61. The standard InChI is InChI=1S/C13H20N2O2S/c1-13(2,3)11-9(8-10(16)17)18-12(14-11)15-6-4-5-7-15/h4-8H2,1-3H3,(H,16,17). The smallest absolute Gasteiger partial charge is 0.308 e. The second-order valence-electron chi connectivity index (χ2n) is 5.78. The van der Waals surface area contributed by atoms with E-state index >= 15 is 0 Å². The van der Waals surface area contributed by atoms with Crippen molar-refractivity contribution in [3.8, 4) is 0 Å². The van der Waals surface area contributed by atoms with Crippen LogP contribution in [0.25, 0.3) is 0 Å². The summed E-state index contributed by atoms with van der Waals surface area (Å²) in [5.41, 5.74) is 0.844. The van der Waals surface area contributed by atoms with E-state index < -0.39 is 5.97 Å². The van der Waals surface area contributed by atoms with Crippen molar-refractivity contribution in [1.29, 1.82) is 0 Å². The number of carbonyl (C=O) groups is 1. The lowest BCUT2D eigenvalue weighted by molar-refractivity contribution is -0.136. The van der Waals surface area contributed by atoms with Gasteiger partial charge < -0.3 is 10.0 Å². The van der Waals surface area contributed by atoms with E-state index in [4.69, 9.17) is 10.1 Å². The number of carboxylic acid groups (broad SMARTS) is 1. The zero-order chi connectivity index (χ0) is 13.3. The molecule has 100 valence electrons. The van der Waals surface area contributed by atoms with Crippen LogP contribution < -0.4 is 4.90 Å². The van der Waals surface area contributed by atoms with Gasteiger partial charge in [0.15, 0.2) is 5.13 Å². The predicted molar refractivity (Wildman–Crippen MR) is 73.6 cm³/mol. The van der Waals surface area contributed by atoms with Crippen LogP contribution in [-0.2, 0) is 16.6 Å². The highest BCUT2D eigenvalue weighted by atomic mass is 32.1. The third-order valence-corrected chi connectivity index (χ3v) is 4.20. The van der Waals surface area contributed by atoms with Crippen molar-refractivity contribution in [1.82, 2.24) is 4.98 Å². The molecule has 1 aliphatic rings. The van der Waals surface area contributed by atoms with Crippen molar-refractivity contribution in [3.05, 3.63) is 10.6 Å². The second-order valence-corrected chi connectivity index (χ2v) is 6.84. The zero-order valence-corrected chi connectivity index (χ0v) is 12.0. The van der Waals surface area contributed by atoms with Gasteiger partial charge in [-0.2, -0.15) is 0 Å². The number of rotatable bonds is 3. The van der Waals surface area contributed by atoms with Gasteiger partial charge in [0.1, 0.15) is 0 Å². The monoisotopic (exact) mass is 268 g/mol. The number of hydrogen-bond donors (Lipinski definition) is 1. The highest BCUT2D eigenvalue weighted by Crippen LogP contribution is 2.35. The molecule has 1 aromatic rings. The Labute approximate surface area is 112 Å². The molecule has 0 bridgehead atoms. The van der Waals surface area contributed by atoms with Gasteiger partial charge in [-0.25, -0.2) is 4.98 Å². The number of aromatic nitrogens is 1. The lowest BCUT2D eigenvalue weighted by atomic mass is 9.91. The molecule has 18 heavy (non-hydrogen) atoms. The van der Waals surface area contributed by atoms with E-state index in [-0.39, 0.29) is 11.8 Å². The lowest BCUT2D eigenvalue weighted by Gasteiger charge is -2.17. The molecule has 1 aromatic heterocycles. The Bertz CT molecular complexity index is 442. The molecule has 1 N–H and O–H groups in total. The Balaban J connectivity index is 2.33. The molecule has 0 aliphatic carbocycles. The van der Waals surface area contributed by atoms with Gasteiger partial charge in [-0.1, -0.05) is 20.8 Å². The first-order chi connectivity index (χ1) is 8.38. The lowest BCUT2D eigenvalue weighted by Crippen LogP contribution is -2.19. The van der Waals surface area contributed by atoms with E-state index in [0.29, 0.717) is 0 Å². The summed E-state index contributed by atoms with van der Waals surface area (Å²) in [4.78, 5) is 18.8. The van der Waals surface area contributed by atoms with Crippen LogP contribution in [0.4, 0.5) is 5.13 Å². The number of hydrogen-bond acceptors (Lipinski definition) is 4. The fourth-order valence-electron chi connectivity index (χ4n) is 2.23. The number of aliphatic carboxylic acids is 1. The first-order valence-electron chi connectivity index (χ1n) is 6.35. The van der Waals surface area contributed by atoms with E-state index in [1.165, 1.54) is 12.8 Å². The minimum atomic E-state index is -0.780. The van der Waals surface area contributed by atoms with Crippen LogP contribution in [0.5, 0.6) is 0 Å².